The largest absolute Gasteiger partial charge is 0.0776 e. The van der Waals surface area contributed by atoms with Crippen molar-refractivity contribution >= 4 is 31.9 Å². The molecular formula is C11H22Br2. The highest BCUT2D eigenvalue weighted by Crippen LogP contribution is 2.00. The van der Waals surface area contributed by atoms with Gasteiger partial charge in [-0.05, 0) is 36.7 Å². The molecule has 0 aromatic rings. The first kappa shape index (κ1) is 19.1. The molecule has 0 saturated carbocycles. The van der Waals surface area contributed by atoms with Gasteiger partial charge in [-0.25, -0.2) is 0 Å². The molecule has 0 N–H and O–H groups in total. The predicted octanol–water partition coefficient (Wildman–Crippen LogP) is 6.03. The number of hydrogen-bond donors (Lipinski definition) is 0. The van der Waals surface area contributed by atoms with Crippen molar-refractivity contribution in [2.45, 2.75) is 48.0 Å². The van der Waals surface area contributed by atoms with Gasteiger partial charge in [0.25, 0.3) is 0 Å². The molecule has 0 fully saturated rings. The fraction of sp³-hybridized carbons (Fsp3) is 0.636. The molecule has 0 atom stereocenters. The number of rotatable bonds is 2. The summed E-state index contributed by atoms with van der Waals surface area (Å²) in [6, 6.07) is 0. The van der Waals surface area contributed by atoms with Gasteiger partial charge in [0, 0.05) is 0 Å². The Hall–Kier alpha value is 0.440. The summed E-state index contributed by atoms with van der Waals surface area (Å²) in [6.07, 6.45) is 2.29. The summed E-state index contributed by atoms with van der Waals surface area (Å²) in [5, 5.41) is 0. The lowest BCUT2D eigenvalue weighted by Crippen LogP contribution is -1.62. The van der Waals surface area contributed by atoms with Gasteiger partial charge in [-0.15, -0.1) is 0 Å². The van der Waals surface area contributed by atoms with Crippen LogP contribution >= 0.6 is 31.9 Å². The second kappa shape index (κ2) is 14.9. The third kappa shape index (κ3) is 19.0. The Morgan fingerprint density at radius 1 is 0.923 bits per heavy atom. The van der Waals surface area contributed by atoms with Crippen LogP contribution in [0.3, 0.4) is 0 Å². The summed E-state index contributed by atoms with van der Waals surface area (Å²) in [4.78, 5) is 3.90. The van der Waals surface area contributed by atoms with Crippen molar-refractivity contribution in [2.75, 3.05) is 0 Å². The number of allylic oxidation sites excluding steroid dienone is 2. The lowest BCUT2D eigenvalue weighted by atomic mass is 10.3. The van der Waals surface area contributed by atoms with E-state index in [0.717, 1.165) is 12.8 Å². The zero-order chi connectivity index (χ0) is 9.98. The zero-order valence-electron chi connectivity index (χ0n) is 8.32. The average molecular weight is 314 g/mol. The lowest BCUT2D eigenvalue weighted by Gasteiger charge is -1.83. The third-order valence-electron chi connectivity index (χ3n) is 1.49. The zero-order valence-corrected chi connectivity index (χ0v) is 11.5. The topological polar surface area (TPSA) is 0 Å². The van der Waals surface area contributed by atoms with Crippen molar-refractivity contribution in [3.05, 3.63) is 21.1 Å². The Morgan fingerprint density at radius 2 is 1.15 bits per heavy atom. The minimum absolute atomic E-state index is 0. The monoisotopic (exact) mass is 312 g/mol. The summed E-state index contributed by atoms with van der Waals surface area (Å²) < 4.78 is 0. The van der Waals surface area contributed by atoms with Crippen LogP contribution in [0.25, 0.3) is 0 Å². The first-order chi connectivity index (χ1) is 5.62. The van der Waals surface area contributed by atoms with Gasteiger partial charge in [0.2, 0.25) is 0 Å². The van der Waals surface area contributed by atoms with Gasteiger partial charge in [-0.3, -0.25) is 0 Å². The molecule has 80 valence electrons. The molecule has 0 unspecified atom stereocenters. The van der Waals surface area contributed by atoms with Crippen LogP contribution in [0.2, 0.25) is 0 Å². The molecule has 0 rings (SSSR count). The van der Waals surface area contributed by atoms with Crippen LogP contribution in [-0.2, 0) is 0 Å². The maximum absolute atomic E-state index is 3.21. The van der Waals surface area contributed by atoms with Gasteiger partial charge in [-0.2, -0.15) is 0 Å². The molecule has 0 bridgehead atoms. The van der Waals surface area contributed by atoms with Crippen molar-refractivity contribution in [1.29, 1.82) is 0 Å². The van der Waals surface area contributed by atoms with E-state index in [2.05, 4.69) is 59.6 Å². The molecule has 0 saturated heterocycles. The standard InChI is InChI=1S/2C5H9Br.CH4/c2*1-3-5(2)4-6;/h2*4H,3H2,1-2H3;1H4/b5-4+;5-4-;. The summed E-state index contributed by atoms with van der Waals surface area (Å²) >= 11 is 6.43. The van der Waals surface area contributed by atoms with Crippen molar-refractivity contribution in [3.63, 3.8) is 0 Å². The predicted molar refractivity (Wildman–Crippen MR) is 72.7 cm³/mol. The van der Waals surface area contributed by atoms with Gasteiger partial charge in [-0.1, -0.05) is 64.3 Å². The van der Waals surface area contributed by atoms with Crippen LogP contribution in [0.4, 0.5) is 0 Å². The number of halogens is 2. The van der Waals surface area contributed by atoms with Crippen molar-refractivity contribution < 1.29 is 0 Å². The van der Waals surface area contributed by atoms with Gasteiger partial charge in [0.05, 0.1) is 0 Å². The molecule has 0 radical (unpaired) electrons. The van der Waals surface area contributed by atoms with Crippen LogP contribution < -0.4 is 0 Å². The Kier molecular flexibility index (Phi) is 21.9. The van der Waals surface area contributed by atoms with Gasteiger partial charge in [0.15, 0.2) is 0 Å². The second-order valence-corrected chi connectivity index (χ2v) is 3.53. The van der Waals surface area contributed by atoms with Crippen molar-refractivity contribution in [1.82, 2.24) is 0 Å². The normalized spacial score (nSPS) is 11.2. The highest BCUT2D eigenvalue weighted by atomic mass is 79.9. The maximum Gasteiger partial charge on any atom is -0.0200 e. The van der Waals surface area contributed by atoms with E-state index in [0.29, 0.717) is 0 Å². The molecule has 0 amide bonds. The van der Waals surface area contributed by atoms with Gasteiger partial charge in [0.1, 0.15) is 0 Å². The molecule has 0 aromatic carbocycles. The SMILES string of the molecule is C.CC/C(C)=C/Br.CC/C(C)=C\Br. The van der Waals surface area contributed by atoms with E-state index >= 15 is 0 Å². The minimum Gasteiger partial charge on any atom is -0.0776 e. The molecule has 0 aromatic heterocycles. The maximum atomic E-state index is 3.21. The van der Waals surface area contributed by atoms with Gasteiger partial charge < -0.3 is 0 Å². The molecule has 0 aliphatic heterocycles. The third-order valence-corrected chi connectivity index (χ3v) is 3.05. The highest BCUT2D eigenvalue weighted by molar-refractivity contribution is 9.11. The minimum atomic E-state index is 0. The molecular weight excluding hydrogens is 292 g/mol. The fourth-order valence-corrected chi connectivity index (χ4v) is 0.802. The van der Waals surface area contributed by atoms with Crippen molar-refractivity contribution in [3.8, 4) is 0 Å². The molecule has 13 heavy (non-hydrogen) atoms. The molecule has 0 spiro atoms. The lowest BCUT2D eigenvalue weighted by molar-refractivity contribution is 1.11. The van der Waals surface area contributed by atoms with Crippen LogP contribution in [0.15, 0.2) is 21.1 Å². The summed E-state index contributed by atoms with van der Waals surface area (Å²) in [6.45, 7) is 8.45. The Labute approximate surface area is 101 Å². The van der Waals surface area contributed by atoms with E-state index in [1.54, 1.807) is 0 Å². The van der Waals surface area contributed by atoms with E-state index in [1.807, 2.05) is 9.97 Å². The number of hydrogen-bond acceptors (Lipinski definition) is 0. The molecule has 2 heteroatoms. The van der Waals surface area contributed by atoms with E-state index in [1.165, 1.54) is 11.1 Å². The first-order valence-electron chi connectivity index (χ1n) is 4.14. The highest BCUT2D eigenvalue weighted by Gasteiger charge is 1.74. The smallest absolute Gasteiger partial charge is 0.0200 e. The fourth-order valence-electron chi connectivity index (χ4n) is 0.154. The Bertz CT molecular complexity index is 128. The van der Waals surface area contributed by atoms with Crippen LogP contribution in [0, 0.1) is 0 Å². The van der Waals surface area contributed by atoms with Crippen LogP contribution in [-0.4, -0.2) is 0 Å². The second-order valence-electron chi connectivity index (χ2n) is 2.62. The first-order valence-corrected chi connectivity index (χ1v) is 5.97. The summed E-state index contributed by atoms with van der Waals surface area (Å²) in [5.41, 5.74) is 2.77. The molecule has 0 heterocycles. The molecule has 0 nitrogen and oxygen atoms in total. The Morgan fingerprint density at radius 3 is 1.15 bits per heavy atom. The van der Waals surface area contributed by atoms with Crippen LogP contribution in [0.1, 0.15) is 48.0 Å². The average Bonchev–Trinajstić information content (AvgIpc) is 2.16. The van der Waals surface area contributed by atoms with Gasteiger partial charge >= 0.3 is 0 Å². The van der Waals surface area contributed by atoms with E-state index in [4.69, 9.17) is 0 Å². The van der Waals surface area contributed by atoms with E-state index in [9.17, 15) is 0 Å². The summed E-state index contributed by atoms with van der Waals surface area (Å²) in [7, 11) is 0. The van der Waals surface area contributed by atoms with E-state index < -0.39 is 0 Å². The quantitative estimate of drug-likeness (QED) is 0.584. The van der Waals surface area contributed by atoms with Crippen molar-refractivity contribution in [2.24, 2.45) is 0 Å². The van der Waals surface area contributed by atoms with Crippen LogP contribution in [0.5, 0.6) is 0 Å². The van der Waals surface area contributed by atoms with E-state index in [-0.39, 0.29) is 7.43 Å². The molecule has 0 aliphatic carbocycles. The summed E-state index contributed by atoms with van der Waals surface area (Å²) in [5.74, 6) is 0. The molecule has 0 aliphatic rings. The Balaban J connectivity index is -0.000000143.